The number of phenolic OH excluding ortho intramolecular Hbond substituents is 1. The van der Waals surface area contributed by atoms with E-state index in [9.17, 15) is 14.3 Å². The van der Waals surface area contributed by atoms with Crippen LogP contribution in [0.3, 0.4) is 0 Å². The summed E-state index contributed by atoms with van der Waals surface area (Å²) < 4.78 is 14.2. The van der Waals surface area contributed by atoms with Gasteiger partial charge in [-0.15, -0.1) is 0 Å². The second kappa shape index (κ2) is 8.61. The van der Waals surface area contributed by atoms with Gasteiger partial charge in [-0.2, -0.15) is 0 Å². The molecule has 2 N–H and O–H groups in total. The van der Waals surface area contributed by atoms with Crippen molar-refractivity contribution < 1.29 is 14.3 Å². The van der Waals surface area contributed by atoms with Crippen LogP contribution in [0.5, 0.6) is 5.75 Å². The van der Waals surface area contributed by atoms with Crippen LogP contribution in [0.4, 0.5) is 10.1 Å². The van der Waals surface area contributed by atoms with Gasteiger partial charge >= 0.3 is 0 Å². The average molecular weight is 405 g/mol. The first-order valence-corrected chi connectivity index (χ1v) is 10.2. The summed E-state index contributed by atoms with van der Waals surface area (Å²) in [5.41, 5.74) is 2.54. The molecule has 1 amide bonds. The zero-order valence-electron chi connectivity index (χ0n) is 16.8. The molecule has 0 saturated heterocycles. The van der Waals surface area contributed by atoms with Crippen molar-refractivity contribution in [2.24, 2.45) is 5.92 Å². The lowest BCUT2D eigenvalue weighted by molar-refractivity contribution is 0.102. The molecule has 2 aromatic heterocycles. The third kappa shape index (κ3) is 4.32. The fourth-order valence-electron chi connectivity index (χ4n) is 4.19. The lowest BCUT2D eigenvalue weighted by Crippen LogP contribution is -2.18. The van der Waals surface area contributed by atoms with Gasteiger partial charge in [0.05, 0.1) is 17.6 Å². The molecular weight excluding hydrogens is 381 g/mol. The van der Waals surface area contributed by atoms with Gasteiger partial charge in [0.15, 0.2) is 0 Å². The van der Waals surface area contributed by atoms with Crippen LogP contribution in [0.15, 0.2) is 54.9 Å². The Hall–Kier alpha value is -3.28. The number of hydrogen-bond donors (Lipinski definition) is 2. The summed E-state index contributed by atoms with van der Waals surface area (Å²) in [6.07, 6.45) is 8.07. The molecule has 4 rings (SSSR count). The molecule has 1 aliphatic rings. The number of anilines is 1. The van der Waals surface area contributed by atoms with Gasteiger partial charge in [-0.3, -0.25) is 9.78 Å². The third-order valence-electron chi connectivity index (χ3n) is 5.69. The Kier molecular flexibility index (Phi) is 5.74. The Morgan fingerprint density at radius 3 is 2.87 bits per heavy atom. The fourth-order valence-corrected chi connectivity index (χ4v) is 4.19. The molecule has 154 valence electrons. The van der Waals surface area contributed by atoms with Crippen LogP contribution in [0.2, 0.25) is 0 Å². The molecule has 0 bridgehead atoms. The maximum Gasteiger partial charge on any atom is 0.274 e. The van der Waals surface area contributed by atoms with E-state index in [1.54, 1.807) is 30.6 Å². The van der Waals surface area contributed by atoms with Crippen molar-refractivity contribution in [3.05, 3.63) is 71.9 Å². The highest BCUT2D eigenvalue weighted by Crippen LogP contribution is 2.38. The van der Waals surface area contributed by atoms with E-state index in [1.165, 1.54) is 25.0 Å². The molecule has 0 radical (unpaired) electrons. The minimum atomic E-state index is -0.596. The molecule has 1 fully saturated rings. The van der Waals surface area contributed by atoms with Gasteiger partial charge in [0.2, 0.25) is 0 Å². The topological polar surface area (TPSA) is 75.1 Å². The van der Waals surface area contributed by atoms with E-state index in [-0.39, 0.29) is 22.9 Å². The number of phenols is 1. The fraction of sp³-hybridized carbons (Fsp3) is 0.292. The lowest BCUT2D eigenvalue weighted by Gasteiger charge is -2.28. The molecule has 3 aromatic rings. The van der Waals surface area contributed by atoms with Crippen LogP contribution in [-0.2, 0) is 0 Å². The molecule has 1 saturated carbocycles. The van der Waals surface area contributed by atoms with Gasteiger partial charge in [-0.05, 0) is 60.6 Å². The van der Waals surface area contributed by atoms with Gasteiger partial charge in [0, 0.05) is 17.8 Å². The van der Waals surface area contributed by atoms with E-state index in [0.717, 1.165) is 24.5 Å². The smallest absolute Gasteiger partial charge is 0.274 e. The number of carbonyl (C=O) groups excluding carboxylic acids is 1. The lowest BCUT2D eigenvalue weighted by atomic mass is 9.78. The van der Waals surface area contributed by atoms with Crippen molar-refractivity contribution in [2.45, 2.75) is 38.5 Å². The highest BCUT2D eigenvalue weighted by atomic mass is 19.1. The van der Waals surface area contributed by atoms with Crippen molar-refractivity contribution in [1.29, 1.82) is 0 Å². The first-order chi connectivity index (χ1) is 14.5. The number of carbonyl (C=O) groups is 1. The molecule has 2 heterocycles. The molecule has 30 heavy (non-hydrogen) atoms. The summed E-state index contributed by atoms with van der Waals surface area (Å²) in [6.45, 7) is 2.27. The number of aromatic nitrogens is 2. The summed E-state index contributed by atoms with van der Waals surface area (Å²) >= 11 is 0. The normalized spacial score (nSPS) is 18.7. The third-order valence-corrected chi connectivity index (χ3v) is 5.69. The molecular formula is C24H24FN3O2. The van der Waals surface area contributed by atoms with Gasteiger partial charge in [0.25, 0.3) is 5.91 Å². The van der Waals surface area contributed by atoms with Crippen molar-refractivity contribution in [2.75, 3.05) is 5.32 Å². The predicted octanol–water partition coefficient (Wildman–Crippen LogP) is 5.53. The molecule has 0 aliphatic heterocycles. The second-order valence-electron chi connectivity index (χ2n) is 7.96. The van der Waals surface area contributed by atoms with Crippen molar-refractivity contribution >= 4 is 11.6 Å². The minimum Gasteiger partial charge on any atom is -0.508 e. The molecule has 1 aromatic carbocycles. The molecule has 0 unspecified atom stereocenters. The number of hydrogen-bond acceptors (Lipinski definition) is 4. The maximum absolute atomic E-state index is 14.2. The van der Waals surface area contributed by atoms with Gasteiger partial charge in [-0.25, -0.2) is 9.37 Å². The Morgan fingerprint density at radius 1 is 1.20 bits per heavy atom. The van der Waals surface area contributed by atoms with E-state index in [4.69, 9.17) is 0 Å². The van der Waals surface area contributed by atoms with Crippen LogP contribution < -0.4 is 5.32 Å². The number of nitrogens with zero attached hydrogens (tertiary/aromatic N) is 2. The molecule has 5 nitrogen and oxygen atoms in total. The van der Waals surface area contributed by atoms with E-state index < -0.39 is 5.82 Å². The number of rotatable bonds is 4. The van der Waals surface area contributed by atoms with Crippen molar-refractivity contribution in [3.63, 3.8) is 0 Å². The van der Waals surface area contributed by atoms with Crippen LogP contribution in [-0.4, -0.2) is 21.0 Å². The molecule has 6 heteroatoms. The number of nitrogens with one attached hydrogen (secondary N) is 1. The molecule has 0 spiro atoms. The van der Waals surface area contributed by atoms with Gasteiger partial charge in [-0.1, -0.05) is 25.8 Å². The zero-order valence-corrected chi connectivity index (χ0v) is 16.8. The van der Waals surface area contributed by atoms with Gasteiger partial charge in [0.1, 0.15) is 17.3 Å². The van der Waals surface area contributed by atoms with Crippen molar-refractivity contribution in [3.8, 4) is 17.0 Å². The van der Waals surface area contributed by atoms with Crippen LogP contribution in [0.1, 0.15) is 54.6 Å². The van der Waals surface area contributed by atoms with Crippen LogP contribution in [0.25, 0.3) is 11.3 Å². The SMILES string of the molecule is C[C@H]1CCC[C@@H](c2ccncc2NC(=O)c2cccc(-c3ccc(O)cc3F)n2)C1. The quantitative estimate of drug-likeness (QED) is 0.598. The number of halogens is 1. The molecule has 1 aliphatic carbocycles. The standard InChI is InChI=1S/C24H24FN3O2/c1-15-4-2-5-16(12-15)18-10-11-26-14-23(18)28-24(30)22-7-3-6-21(27-22)19-9-8-17(29)13-20(19)25/h3,6-11,13-16,29H,2,4-5,12H2,1H3,(H,28,30)/t15-,16+/m0/s1. The number of benzene rings is 1. The van der Waals surface area contributed by atoms with E-state index in [2.05, 4.69) is 22.2 Å². The Labute approximate surface area is 175 Å². The summed E-state index contributed by atoms with van der Waals surface area (Å²) in [4.78, 5) is 21.4. The van der Waals surface area contributed by atoms with E-state index in [1.807, 2.05) is 6.07 Å². The van der Waals surface area contributed by atoms with Crippen LogP contribution in [0, 0.1) is 11.7 Å². The first kappa shape index (κ1) is 20.0. The predicted molar refractivity (Wildman–Crippen MR) is 114 cm³/mol. The number of pyridine rings is 2. The van der Waals surface area contributed by atoms with E-state index in [0.29, 0.717) is 23.2 Å². The number of amides is 1. The second-order valence-corrected chi connectivity index (χ2v) is 7.96. The molecule has 2 atom stereocenters. The van der Waals surface area contributed by atoms with Gasteiger partial charge < -0.3 is 10.4 Å². The summed E-state index contributed by atoms with van der Waals surface area (Å²) in [7, 11) is 0. The maximum atomic E-state index is 14.2. The largest absolute Gasteiger partial charge is 0.508 e. The Morgan fingerprint density at radius 2 is 2.07 bits per heavy atom. The van der Waals surface area contributed by atoms with Crippen LogP contribution >= 0.6 is 0 Å². The zero-order chi connectivity index (χ0) is 21.1. The van der Waals surface area contributed by atoms with Crippen molar-refractivity contribution in [1.82, 2.24) is 9.97 Å². The summed E-state index contributed by atoms with van der Waals surface area (Å²) in [6, 6.07) is 10.7. The summed E-state index contributed by atoms with van der Waals surface area (Å²) in [5, 5.41) is 12.4. The Bertz CT molecular complexity index is 1070. The Balaban J connectivity index is 1.58. The highest BCUT2D eigenvalue weighted by Gasteiger charge is 2.23. The number of aromatic hydroxyl groups is 1. The minimum absolute atomic E-state index is 0.161. The average Bonchev–Trinajstić information content (AvgIpc) is 2.74. The first-order valence-electron chi connectivity index (χ1n) is 10.2. The monoisotopic (exact) mass is 405 g/mol. The van der Waals surface area contributed by atoms with E-state index >= 15 is 0 Å². The summed E-state index contributed by atoms with van der Waals surface area (Å²) in [5.74, 6) is -0.0575. The highest BCUT2D eigenvalue weighted by molar-refractivity contribution is 6.03.